The van der Waals surface area contributed by atoms with Gasteiger partial charge in [-0.05, 0) is 31.5 Å². The summed E-state index contributed by atoms with van der Waals surface area (Å²) >= 11 is 1.42. The molecule has 7 nitrogen and oxygen atoms in total. The molecule has 1 aliphatic rings. The van der Waals surface area contributed by atoms with Crippen LogP contribution in [0.2, 0.25) is 0 Å². The van der Waals surface area contributed by atoms with Crippen molar-refractivity contribution in [1.29, 1.82) is 0 Å². The van der Waals surface area contributed by atoms with Gasteiger partial charge >= 0.3 is 0 Å². The van der Waals surface area contributed by atoms with Crippen LogP contribution in [0.3, 0.4) is 0 Å². The summed E-state index contributed by atoms with van der Waals surface area (Å²) in [5, 5.41) is 12.3. The van der Waals surface area contributed by atoms with Crippen molar-refractivity contribution in [3.63, 3.8) is 0 Å². The Balaban J connectivity index is 1.56. The van der Waals surface area contributed by atoms with E-state index in [1.807, 2.05) is 31.2 Å². The highest BCUT2D eigenvalue weighted by Crippen LogP contribution is 2.19. The summed E-state index contributed by atoms with van der Waals surface area (Å²) in [4.78, 5) is 14.5. The van der Waals surface area contributed by atoms with Crippen molar-refractivity contribution in [3.8, 4) is 0 Å². The van der Waals surface area contributed by atoms with E-state index in [9.17, 15) is 4.79 Å². The van der Waals surface area contributed by atoms with Gasteiger partial charge in [0.2, 0.25) is 5.91 Å². The lowest BCUT2D eigenvalue weighted by Gasteiger charge is -2.26. The normalized spacial score (nSPS) is 15.2. The first-order chi connectivity index (χ1) is 12.7. The SMILES string of the molecule is CCn1c(CN2CCOCC2)nnc1SCC(=O)Nc1cccc(C)c1. The molecule has 2 aromatic rings. The quantitative estimate of drug-likeness (QED) is 0.748. The van der Waals surface area contributed by atoms with E-state index in [2.05, 4.69) is 31.9 Å². The number of anilines is 1. The van der Waals surface area contributed by atoms with Crippen LogP contribution < -0.4 is 5.32 Å². The molecule has 0 atom stereocenters. The minimum atomic E-state index is -0.0408. The molecule has 0 bridgehead atoms. The van der Waals surface area contributed by atoms with E-state index in [0.717, 1.165) is 61.6 Å². The van der Waals surface area contributed by atoms with Gasteiger partial charge in [-0.15, -0.1) is 10.2 Å². The molecular weight excluding hydrogens is 350 g/mol. The number of carbonyl (C=O) groups is 1. The van der Waals surface area contributed by atoms with Gasteiger partial charge in [0.25, 0.3) is 0 Å². The Labute approximate surface area is 158 Å². The Morgan fingerprint density at radius 2 is 2.12 bits per heavy atom. The molecule has 1 fully saturated rings. The van der Waals surface area contributed by atoms with E-state index in [1.165, 1.54) is 11.8 Å². The highest BCUT2D eigenvalue weighted by molar-refractivity contribution is 7.99. The highest BCUT2D eigenvalue weighted by Gasteiger charge is 2.17. The molecule has 140 valence electrons. The van der Waals surface area contributed by atoms with Crippen LogP contribution in [0.5, 0.6) is 0 Å². The summed E-state index contributed by atoms with van der Waals surface area (Å²) in [7, 11) is 0. The Kier molecular flexibility index (Phi) is 6.65. The predicted molar refractivity (Wildman–Crippen MR) is 102 cm³/mol. The summed E-state index contributed by atoms with van der Waals surface area (Å²) in [5.41, 5.74) is 1.94. The van der Waals surface area contributed by atoms with E-state index in [-0.39, 0.29) is 5.91 Å². The average Bonchev–Trinajstić information content (AvgIpc) is 3.02. The van der Waals surface area contributed by atoms with Crippen LogP contribution in [0.15, 0.2) is 29.4 Å². The van der Waals surface area contributed by atoms with Crippen LogP contribution in [0, 0.1) is 6.92 Å². The fourth-order valence-electron chi connectivity index (χ4n) is 2.87. The van der Waals surface area contributed by atoms with Gasteiger partial charge in [-0.3, -0.25) is 9.69 Å². The zero-order chi connectivity index (χ0) is 18.4. The van der Waals surface area contributed by atoms with Crippen molar-refractivity contribution < 1.29 is 9.53 Å². The van der Waals surface area contributed by atoms with Crippen molar-refractivity contribution in [1.82, 2.24) is 19.7 Å². The van der Waals surface area contributed by atoms with Crippen LogP contribution >= 0.6 is 11.8 Å². The van der Waals surface area contributed by atoms with Gasteiger partial charge in [-0.25, -0.2) is 0 Å². The molecule has 0 aliphatic carbocycles. The first-order valence-corrected chi connectivity index (χ1v) is 9.85. The zero-order valence-corrected chi connectivity index (χ0v) is 16.1. The number of thioether (sulfide) groups is 1. The first-order valence-electron chi connectivity index (χ1n) is 8.87. The molecule has 1 amide bonds. The van der Waals surface area contributed by atoms with Gasteiger partial charge in [-0.1, -0.05) is 23.9 Å². The van der Waals surface area contributed by atoms with E-state index < -0.39 is 0 Å². The number of rotatable bonds is 7. The number of amides is 1. The van der Waals surface area contributed by atoms with Crippen molar-refractivity contribution in [2.24, 2.45) is 0 Å². The number of aryl methyl sites for hydroxylation is 1. The van der Waals surface area contributed by atoms with Gasteiger partial charge < -0.3 is 14.6 Å². The van der Waals surface area contributed by atoms with Gasteiger partial charge in [-0.2, -0.15) is 0 Å². The number of ether oxygens (including phenoxy) is 1. The van der Waals surface area contributed by atoms with Crippen LogP contribution in [0.1, 0.15) is 18.3 Å². The number of aromatic nitrogens is 3. The van der Waals surface area contributed by atoms with Crippen LogP contribution in [-0.2, 0) is 22.6 Å². The monoisotopic (exact) mass is 375 g/mol. The van der Waals surface area contributed by atoms with Gasteiger partial charge in [0.1, 0.15) is 5.82 Å². The molecule has 1 saturated heterocycles. The van der Waals surface area contributed by atoms with Gasteiger partial charge in [0, 0.05) is 25.3 Å². The second-order valence-electron chi connectivity index (χ2n) is 6.24. The topological polar surface area (TPSA) is 72.3 Å². The smallest absolute Gasteiger partial charge is 0.234 e. The summed E-state index contributed by atoms with van der Waals surface area (Å²) in [6, 6.07) is 7.79. The number of benzene rings is 1. The van der Waals surface area contributed by atoms with Crippen LogP contribution in [0.25, 0.3) is 0 Å². The molecular formula is C18H25N5O2S. The van der Waals surface area contributed by atoms with Gasteiger partial charge in [0.15, 0.2) is 5.16 Å². The maximum Gasteiger partial charge on any atom is 0.234 e. The summed E-state index contributed by atoms with van der Waals surface area (Å²) in [6.45, 7) is 8.99. The summed E-state index contributed by atoms with van der Waals surface area (Å²) in [5.74, 6) is 1.21. The fourth-order valence-corrected chi connectivity index (χ4v) is 3.69. The Bertz CT molecular complexity index is 743. The largest absolute Gasteiger partial charge is 0.379 e. The number of morpholine rings is 1. The van der Waals surface area contributed by atoms with E-state index in [1.54, 1.807) is 0 Å². The second kappa shape index (κ2) is 9.16. The molecule has 26 heavy (non-hydrogen) atoms. The highest BCUT2D eigenvalue weighted by atomic mass is 32.2. The molecule has 0 spiro atoms. The third kappa shape index (κ3) is 5.06. The molecule has 2 heterocycles. The minimum Gasteiger partial charge on any atom is -0.379 e. The van der Waals surface area contributed by atoms with Gasteiger partial charge in [0.05, 0.1) is 25.5 Å². The number of nitrogens with one attached hydrogen (secondary N) is 1. The molecule has 1 aromatic heterocycles. The maximum atomic E-state index is 12.2. The second-order valence-corrected chi connectivity index (χ2v) is 7.18. The molecule has 0 unspecified atom stereocenters. The van der Waals surface area contributed by atoms with Crippen molar-refractivity contribution in [2.75, 3.05) is 37.4 Å². The zero-order valence-electron chi connectivity index (χ0n) is 15.3. The molecule has 8 heteroatoms. The van der Waals surface area contributed by atoms with Crippen LogP contribution in [0.4, 0.5) is 5.69 Å². The van der Waals surface area contributed by atoms with Crippen molar-refractivity contribution in [2.45, 2.75) is 32.1 Å². The minimum absolute atomic E-state index is 0.0408. The molecule has 0 saturated carbocycles. The number of hydrogen-bond donors (Lipinski definition) is 1. The number of nitrogens with zero attached hydrogens (tertiary/aromatic N) is 4. The standard InChI is InChI=1S/C18H25N5O2S/c1-3-23-16(12-22-7-9-25-10-8-22)20-21-18(23)26-13-17(24)19-15-6-4-5-14(2)11-15/h4-6,11H,3,7-10,12-13H2,1-2H3,(H,19,24). The van der Waals surface area contributed by atoms with E-state index in [4.69, 9.17) is 4.74 Å². The summed E-state index contributed by atoms with van der Waals surface area (Å²) in [6.07, 6.45) is 0. The third-order valence-corrected chi connectivity index (χ3v) is 5.18. The molecule has 1 N–H and O–H groups in total. The average molecular weight is 375 g/mol. The number of hydrogen-bond acceptors (Lipinski definition) is 6. The van der Waals surface area contributed by atoms with Crippen LogP contribution in [-0.4, -0.2) is 57.6 Å². The third-order valence-electron chi connectivity index (χ3n) is 4.21. The maximum absolute atomic E-state index is 12.2. The molecule has 3 rings (SSSR count). The lowest BCUT2D eigenvalue weighted by Crippen LogP contribution is -2.36. The lowest BCUT2D eigenvalue weighted by molar-refractivity contribution is -0.113. The number of carbonyl (C=O) groups excluding carboxylic acids is 1. The summed E-state index contributed by atoms with van der Waals surface area (Å²) < 4.78 is 7.47. The Morgan fingerprint density at radius 3 is 2.85 bits per heavy atom. The van der Waals surface area contributed by atoms with E-state index in [0.29, 0.717) is 5.75 Å². The molecule has 1 aromatic carbocycles. The Morgan fingerprint density at radius 1 is 1.31 bits per heavy atom. The van der Waals surface area contributed by atoms with Crippen molar-refractivity contribution in [3.05, 3.63) is 35.7 Å². The lowest BCUT2D eigenvalue weighted by atomic mass is 10.2. The first kappa shape index (κ1) is 18.9. The molecule has 0 radical (unpaired) electrons. The fraction of sp³-hybridized carbons (Fsp3) is 0.500. The van der Waals surface area contributed by atoms with Crippen molar-refractivity contribution >= 4 is 23.4 Å². The molecule has 1 aliphatic heterocycles. The Hall–Kier alpha value is -1.90. The van der Waals surface area contributed by atoms with E-state index >= 15 is 0 Å². The predicted octanol–water partition coefficient (Wildman–Crippen LogP) is 2.17.